The molecule has 0 fully saturated rings. The molecule has 0 saturated carbocycles. The Balaban J connectivity index is 1.98. The Kier molecular flexibility index (Phi) is 7.84. The van der Waals surface area contributed by atoms with E-state index in [0.29, 0.717) is 29.4 Å². The molecule has 144 valence electrons. The third kappa shape index (κ3) is 6.71. The molecule has 2 aromatic carbocycles. The lowest BCUT2D eigenvalue weighted by Crippen LogP contribution is -2.22. The number of carbonyl (C=O) groups excluding carboxylic acids is 1. The van der Waals surface area contributed by atoms with E-state index in [4.69, 9.17) is 16.3 Å². The van der Waals surface area contributed by atoms with Gasteiger partial charge in [0.15, 0.2) is 0 Å². The summed E-state index contributed by atoms with van der Waals surface area (Å²) in [5, 5.41) is 3.05. The van der Waals surface area contributed by atoms with Crippen molar-refractivity contribution >= 4 is 39.3 Å². The molecule has 27 heavy (non-hydrogen) atoms. The number of benzene rings is 2. The molecule has 0 radical (unpaired) electrons. The van der Waals surface area contributed by atoms with Gasteiger partial charge >= 0.3 is 0 Å². The van der Waals surface area contributed by atoms with E-state index in [2.05, 4.69) is 10.0 Å². The van der Waals surface area contributed by atoms with Crippen molar-refractivity contribution in [3.05, 3.63) is 65.2 Å². The molecule has 0 aromatic heterocycles. The molecular formula is C19H21ClN2O4S. The fourth-order valence-corrected chi connectivity index (χ4v) is 3.48. The van der Waals surface area contributed by atoms with E-state index in [9.17, 15) is 13.2 Å². The Morgan fingerprint density at radius 2 is 1.85 bits per heavy atom. The fourth-order valence-electron chi connectivity index (χ4n) is 2.16. The Morgan fingerprint density at radius 3 is 2.52 bits per heavy atom. The first-order chi connectivity index (χ1) is 12.9. The lowest BCUT2D eigenvalue weighted by atomic mass is 10.2. The normalized spacial score (nSPS) is 11.5. The van der Waals surface area contributed by atoms with Crippen LogP contribution in [0, 0.1) is 0 Å². The van der Waals surface area contributed by atoms with Gasteiger partial charge in [-0.25, -0.2) is 8.42 Å². The smallest absolute Gasteiger partial charge is 0.261 e. The molecule has 1 amide bonds. The van der Waals surface area contributed by atoms with E-state index >= 15 is 0 Å². The minimum absolute atomic E-state index is 0.101. The highest BCUT2D eigenvalue weighted by atomic mass is 35.5. The number of para-hydroxylation sites is 1. The number of anilines is 1. The van der Waals surface area contributed by atoms with Crippen LogP contribution in [0.3, 0.4) is 0 Å². The second-order valence-corrected chi connectivity index (χ2v) is 7.71. The van der Waals surface area contributed by atoms with E-state index in [1.165, 1.54) is 18.2 Å². The van der Waals surface area contributed by atoms with Crippen LogP contribution >= 0.6 is 11.6 Å². The number of halogens is 1. The zero-order chi connectivity index (χ0) is 19.7. The third-order valence-electron chi connectivity index (χ3n) is 3.56. The number of methoxy groups -OCH3 is 1. The molecule has 0 unspecified atom stereocenters. The number of amides is 1. The van der Waals surface area contributed by atoms with Gasteiger partial charge in [-0.1, -0.05) is 35.9 Å². The molecule has 0 aliphatic rings. The highest BCUT2D eigenvalue weighted by Crippen LogP contribution is 2.24. The molecular weight excluding hydrogens is 388 g/mol. The number of nitrogens with one attached hydrogen (secondary N) is 2. The van der Waals surface area contributed by atoms with Crippen molar-refractivity contribution in [2.75, 3.05) is 25.0 Å². The second-order valence-electron chi connectivity index (χ2n) is 5.63. The zero-order valence-electron chi connectivity index (χ0n) is 14.8. The average Bonchev–Trinajstić information content (AvgIpc) is 2.66. The van der Waals surface area contributed by atoms with Gasteiger partial charge in [0.25, 0.3) is 10.0 Å². The molecule has 2 aromatic rings. The third-order valence-corrected chi connectivity index (χ3v) is 5.27. The van der Waals surface area contributed by atoms with Crippen LogP contribution in [-0.2, 0) is 19.6 Å². The minimum atomic E-state index is -3.75. The molecule has 2 N–H and O–H groups in total. The van der Waals surface area contributed by atoms with Gasteiger partial charge in [0, 0.05) is 26.3 Å². The number of hydrogen-bond acceptors (Lipinski definition) is 4. The Morgan fingerprint density at radius 1 is 1.15 bits per heavy atom. The molecule has 0 atom stereocenters. The highest BCUT2D eigenvalue weighted by Gasteiger charge is 2.15. The van der Waals surface area contributed by atoms with Crippen LogP contribution in [0.4, 0.5) is 5.69 Å². The summed E-state index contributed by atoms with van der Waals surface area (Å²) in [4.78, 5) is 11.8. The summed E-state index contributed by atoms with van der Waals surface area (Å²) in [7, 11) is -2.14. The maximum absolute atomic E-state index is 12.4. The molecule has 0 spiro atoms. The van der Waals surface area contributed by atoms with Crippen molar-refractivity contribution in [3.63, 3.8) is 0 Å². The summed E-state index contributed by atoms with van der Waals surface area (Å²) < 4.78 is 32.2. The van der Waals surface area contributed by atoms with Gasteiger partial charge in [0.1, 0.15) is 0 Å². The van der Waals surface area contributed by atoms with Gasteiger partial charge in [-0.15, -0.1) is 0 Å². The summed E-state index contributed by atoms with van der Waals surface area (Å²) in [5.41, 5.74) is 1.02. The minimum Gasteiger partial charge on any atom is -0.385 e. The lowest BCUT2D eigenvalue weighted by Gasteiger charge is -2.09. The van der Waals surface area contributed by atoms with Crippen LogP contribution < -0.4 is 10.0 Å². The van der Waals surface area contributed by atoms with Crippen LogP contribution in [0.15, 0.2) is 59.5 Å². The molecule has 0 heterocycles. The van der Waals surface area contributed by atoms with E-state index in [0.717, 1.165) is 6.42 Å². The van der Waals surface area contributed by atoms with Crippen molar-refractivity contribution in [3.8, 4) is 0 Å². The monoisotopic (exact) mass is 408 g/mol. The molecule has 6 nitrogen and oxygen atoms in total. The predicted octanol–water partition coefficient (Wildman–Crippen LogP) is 3.31. The van der Waals surface area contributed by atoms with E-state index in [1.807, 2.05) is 0 Å². The highest BCUT2D eigenvalue weighted by molar-refractivity contribution is 7.92. The van der Waals surface area contributed by atoms with Crippen molar-refractivity contribution in [1.82, 2.24) is 5.32 Å². The zero-order valence-corrected chi connectivity index (χ0v) is 16.4. The van der Waals surface area contributed by atoms with Gasteiger partial charge < -0.3 is 10.1 Å². The number of hydrogen-bond donors (Lipinski definition) is 2. The van der Waals surface area contributed by atoms with E-state index in [1.54, 1.807) is 49.6 Å². The van der Waals surface area contributed by atoms with Crippen LogP contribution in [0.5, 0.6) is 0 Å². The second kappa shape index (κ2) is 10.1. The molecule has 0 aliphatic carbocycles. The average molecular weight is 409 g/mol. The maximum atomic E-state index is 12.4. The molecule has 8 heteroatoms. The quantitative estimate of drug-likeness (QED) is 0.492. The summed E-state index contributed by atoms with van der Waals surface area (Å²) >= 11 is 5.99. The van der Waals surface area contributed by atoms with Gasteiger partial charge in [-0.05, 0) is 42.3 Å². The Bertz CT molecular complexity index is 896. The number of carbonyl (C=O) groups is 1. The standard InChI is InChI=1S/C19H21ClN2O4S/c1-26-14-4-13-21-19(23)12-9-15-7-10-16(11-8-15)27(24,25)22-18-6-3-2-5-17(18)20/h2-3,5-12,22H,4,13-14H2,1H3,(H,21,23)/b12-9+. The van der Waals surface area contributed by atoms with Gasteiger partial charge in [-0.2, -0.15) is 0 Å². The first kappa shape index (κ1) is 21.0. The SMILES string of the molecule is COCCCNC(=O)/C=C/c1ccc(S(=O)(=O)Nc2ccccc2Cl)cc1. The molecule has 0 aliphatic heterocycles. The largest absolute Gasteiger partial charge is 0.385 e. The molecule has 0 bridgehead atoms. The number of ether oxygens (including phenoxy) is 1. The lowest BCUT2D eigenvalue weighted by molar-refractivity contribution is -0.116. The fraction of sp³-hybridized carbons (Fsp3) is 0.211. The summed E-state index contributed by atoms with van der Waals surface area (Å²) in [6.45, 7) is 1.12. The Hall–Kier alpha value is -2.35. The van der Waals surface area contributed by atoms with Gasteiger partial charge in [-0.3, -0.25) is 9.52 Å². The van der Waals surface area contributed by atoms with Crippen LogP contribution in [-0.4, -0.2) is 34.6 Å². The summed E-state index contributed by atoms with van der Waals surface area (Å²) in [6.07, 6.45) is 3.75. The van der Waals surface area contributed by atoms with Crippen molar-refractivity contribution in [1.29, 1.82) is 0 Å². The maximum Gasteiger partial charge on any atom is 0.261 e. The van der Waals surface area contributed by atoms with Crippen molar-refractivity contribution < 1.29 is 17.9 Å². The van der Waals surface area contributed by atoms with E-state index < -0.39 is 10.0 Å². The van der Waals surface area contributed by atoms with E-state index in [-0.39, 0.29) is 10.8 Å². The number of sulfonamides is 1. The topological polar surface area (TPSA) is 84.5 Å². The van der Waals surface area contributed by atoms with Crippen molar-refractivity contribution in [2.45, 2.75) is 11.3 Å². The number of rotatable bonds is 9. The van der Waals surface area contributed by atoms with Gasteiger partial charge in [0.2, 0.25) is 5.91 Å². The van der Waals surface area contributed by atoms with Gasteiger partial charge in [0.05, 0.1) is 15.6 Å². The first-order valence-electron chi connectivity index (χ1n) is 8.24. The van der Waals surface area contributed by atoms with Crippen LogP contribution in [0.25, 0.3) is 6.08 Å². The molecule has 2 rings (SSSR count). The molecule has 0 saturated heterocycles. The van der Waals surface area contributed by atoms with Crippen molar-refractivity contribution in [2.24, 2.45) is 0 Å². The predicted molar refractivity (Wildman–Crippen MR) is 107 cm³/mol. The van der Waals surface area contributed by atoms with Crippen LogP contribution in [0.2, 0.25) is 5.02 Å². The first-order valence-corrected chi connectivity index (χ1v) is 10.1. The summed E-state index contributed by atoms with van der Waals surface area (Å²) in [6, 6.07) is 12.8. The van der Waals surface area contributed by atoms with Crippen LogP contribution in [0.1, 0.15) is 12.0 Å². The Labute approximate surface area is 164 Å². The summed E-state index contributed by atoms with van der Waals surface area (Å²) in [5.74, 6) is -0.219.